The maximum Gasteiger partial charge on any atom is 0.128 e. The SMILES string of the molecule is COc1ccc2c(c1)CCN(c1ccccc1)[C@H]2c1ccccc1F. The van der Waals surface area contributed by atoms with Gasteiger partial charge in [-0.3, -0.25) is 0 Å². The second-order valence-corrected chi connectivity index (χ2v) is 6.27. The number of benzene rings is 3. The molecule has 0 radical (unpaired) electrons. The van der Waals surface area contributed by atoms with E-state index in [1.54, 1.807) is 13.2 Å². The summed E-state index contributed by atoms with van der Waals surface area (Å²) in [5.74, 6) is 0.677. The Kier molecular flexibility index (Phi) is 4.14. The van der Waals surface area contributed by atoms with Crippen LogP contribution in [0.5, 0.6) is 5.75 Å². The van der Waals surface area contributed by atoms with Crippen LogP contribution in [0, 0.1) is 5.82 Å². The largest absolute Gasteiger partial charge is 0.497 e. The Hall–Kier alpha value is -2.81. The molecular formula is C22H20FNO. The first kappa shape index (κ1) is 15.7. The number of nitrogens with zero attached hydrogens (tertiary/aromatic N) is 1. The summed E-state index contributed by atoms with van der Waals surface area (Å²) < 4.78 is 20.0. The number of ether oxygens (including phenoxy) is 1. The van der Waals surface area contributed by atoms with Gasteiger partial charge in [-0.15, -0.1) is 0 Å². The zero-order valence-electron chi connectivity index (χ0n) is 14.2. The lowest BCUT2D eigenvalue weighted by Crippen LogP contribution is -2.36. The van der Waals surface area contributed by atoms with Gasteiger partial charge in [0.15, 0.2) is 0 Å². The van der Waals surface area contributed by atoms with Crippen molar-refractivity contribution < 1.29 is 9.13 Å². The van der Waals surface area contributed by atoms with Gasteiger partial charge < -0.3 is 9.64 Å². The topological polar surface area (TPSA) is 12.5 Å². The van der Waals surface area contributed by atoms with Crippen LogP contribution in [0.4, 0.5) is 10.1 Å². The zero-order chi connectivity index (χ0) is 17.2. The van der Waals surface area contributed by atoms with Crippen LogP contribution in [0.15, 0.2) is 72.8 Å². The van der Waals surface area contributed by atoms with Gasteiger partial charge in [-0.1, -0.05) is 42.5 Å². The average molecular weight is 333 g/mol. The van der Waals surface area contributed by atoms with E-state index in [-0.39, 0.29) is 11.9 Å². The number of rotatable bonds is 3. The normalized spacial score (nSPS) is 16.4. The summed E-state index contributed by atoms with van der Waals surface area (Å²) in [6.45, 7) is 0.836. The van der Waals surface area contributed by atoms with Crippen LogP contribution in [0.1, 0.15) is 22.7 Å². The van der Waals surface area contributed by atoms with E-state index in [0.717, 1.165) is 30.0 Å². The number of methoxy groups -OCH3 is 1. The van der Waals surface area contributed by atoms with Crippen LogP contribution in [-0.2, 0) is 6.42 Å². The summed E-state index contributed by atoms with van der Waals surface area (Å²) >= 11 is 0. The number of hydrogen-bond acceptors (Lipinski definition) is 2. The third kappa shape index (κ3) is 2.86. The number of halogens is 1. The molecule has 0 aliphatic carbocycles. The fraction of sp³-hybridized carbons (Fsp3) is 0.182. The van der Waals surface area contributed by atoms with Gasteiger partial charge in [0.2, 0.25) is 0 Å². The van der Waals surface area contributed by atoms with Crippen molar-refractivity contribution in [2.75, 3.05) is 18.6 Å². The van der Waals surface area contributed by atoms with E-state index in [2.05, 4.69) is 29.2 Å². The minimum Gasteiger partial charge on any atom is -0.497 e. The first-order valence-electron chi connectivity index (χ1n) is 8.51. The van der Waals surface area contributed by atoms with Gasteiger partial charge in [0.1, 0.15) is 11.6 Å². The lowest BCUT2D eigenvalue weighted by atomic mass is 9.87. The van der Waals surface area contributed by atoms with E-state index in [9.17, 15) is 4.39 Å². The van der Waals surface area contributed by atoms with E-state index in [0.29, 0.717) is 5.56 Å². The fourth-order valence-electron chi connectivity index (χ4n) is 3.66. The Balaban J connectivity index is 1.88. The van der Waals surface area contributed by atoms with Gasteiger partial charge in [0.25, 0.3) is 0 Å². The molecule has 126 valence electrons. The summed E-state index contributed by atoms with van der Waals surface area (Å²) in [4.78, 5) is 2.28. The van der Waals surface area contributed by atoms with E-state index in [1.807, 2.05) is 36.4 Å². The molecule has 0 bridgehead atoms. The standard InChI is InChI=1S/C22H20FNO/c1-25-18-11-12-19-16(15-18)13-14-24(17-7-3-2-4-8-17)22(19)20-9-5-6-10-21(20)23/h2-12,15,22H,13-14H2,1H3/t22-/m1/s1. The van der Waals surface area contributed by atoms with Crippen molar-refractivity contribution in [3.05, 3.63) is 95.3 Å². The summed E-state index contributed by atoms with van der Waals surface area (Å²) in [6.07, 6.45) is 0.909. The number of fused-ring (bicyclic) bond motifs is 1. The fourth-order valence-corrected chi connectivity index (χ4v) is 3.66. The van der Waals surface area contributed by atoms with E-state index >= 15 is 0 Å². The molecule has 3 heteroatoms. The summed E-state index contributed by atoms with van der Waals surface area (Å²) in [5.41, 5.74) is 4.18. The molecule has 0 N–H and O–H groups in total. The molecule has 3 aromatic carbocycles. The Bertz CT molecular complexity index is 878. The molecule has 3 aromatic rings. The van der Waals surface area contributed by atoms with E-state index in [4.69, 9.17) is 4.74 Å². The van der Waals surface area contributed by atoms with Crippen molar-refractivity contribution >= 4 is 5.69 Å². The number of para-hydroxylation sites is 1. The van der Waals surface area contributed by atoms with Crippen molar-refractivity contribution in [3.8, 4) is 5.75 Å². The Morgan fingerprint density at radius 3 is 2.44 bits per heavy atom. The van der Waals surface area contributed by atoms with Crippen molar-refractivity contribution in [1.29, 1.82) is 0 Å². The highest BCUT2D eigenvalue weighted by atomic mass is 19.1. The minimum absolute atomic E-state index is 0.141. The van der Waals surface area contributed by atoms with Crippen molar-refractivity contribution in [2.45, 2.75) is 12.5 Å². The van der Waals surface area contributed by atoms with Crippen LogP contribution >= 0.6 is 0 Å². The summed E-state index contributed by atoms with van der Waals surface area (Å²) in [5, 5.41) is 0. The average Bonchev–Trinajstić information content (AvgIpc) is 2.68. The van der Waals surface area contributed by atoms with Crippen LogP contribution < -0.4 is 9.64 Å². The lowest BCUT2D eigenvalue weighted by molar-refractivity contribution is 0.413. The Morgan fingerprint density at radius 2 is 1.68 bits per heavy atom. The molecule has 4 rings (SSSR count). The first-order valence-corrected chi connectivity index (χ1v) is 8.51. The number of hydrogen-bond donors (Lipinski definition) is 0. The molecule has 1 atom stereocenters. The molecule has 0 aromatic heterocycles. The molecule has 0 amide bonds. The molecule has 0 spiro atoms. The van der Waals surface area contributed by atoms with Gasteiger partial charge in [-0.2, -0.15) is 0 Å². The zero-order valence-corrected chi connectivity index (χ0v) is 14.2. The molecule has 0 saturated carbocycles. The van der Waals surface area contributed by atoms with E-state index in [1.165, 1.54) is 11.6 Å². The number of anilines is 1. The Labute approximate surface area is 147 Å². The quantitative estimate of drug-likeness (QED) is 0.670. The Morgan fingerprint density at radius 1 is 0.920 bits per heavy atom. The van der Waals surface area contributed by atoms with Crippen LogP contribution in [0.2, 0.25) is 0 Å². The monoisotopic (exact) mass is 333 g/mol. The van der Waals surface area contributed by atoms with Gasteiger partial charge in [0, 0.05) is 17.8 Å². The second kappa shape index (κ2) is 6.60. The molecule has 0 saturated heterocycles. The van der Waals surface area contributed by atoms with Gasteiger partial charge >= 0.3 is 0 Å². The van der Waals surface area contributed by atoms with Gasteiger partial charge in [-0.05, 0) is 47.9 Å². The second-order valence-electron chi connectivity index (χ2n) is 6.27. The van der Waals surface area contributed by atoms with Crippen LogP contribution in [0.3, 0.4) is 0 Å². The molecule has 1 aliphatic heterocycles. The summed E-state index contributed by atoms with van der Waals surface area (Å²) in [7, 11) is 1.68. The van der Waals surface area contributed by atoms with Gasteiger partial charge in [-0.25, -0.2) is 4.39 Å². The molecule has 0 unspecified atom stereocenters. The third-order valence-electron chi connectivity index (χ3n) is 4.87. The highest BCUT2D eigenvalue weighted by Gasteiger charge is 2.30. The first-order chi connectivity index (χ1) is 12.3. The summed E-state index contributed by atoms with van der Waals surface area (Å²) in [6, 6.07) is 23.3. The predicted molar refractivity (Wildman–Crippen MR) is 98.7 cm³/mol. The minimum atomic E-state index is -0.169. The maximum absolute atomic E-state index is 14.7. The molecule has 1 heterocycles. The molecule has 0 fully saturated rings. The lowest BCUT2D eigenvalue weighted by Gasteiger charge is -2.39. The molecular weight excluding hydrogens is 313 g/mol. The van der Waals surface area contributed by atoms with Crippen molar-refractivity contribution in [2.24, 2.45) is 0 Å². The third-order valence-corrected chi connectivity index (χ3v) is 4.87. The highest BCUT2D eigenvalue weighted by molar-refractivity contribution is 5.56. The van der Waals surface area contributed by atoms with Crippen LogP contribution in [0.25, 0.3) is 0 Å². The highest BCUT2D eigenvalue weighted by Crippen LogP contribution is 2.40. The van der Waals surface area contributed by atoms with Crippen LogP contribution in [-0.4, -0.2) is 13.7 Å². The smallest absolute Gasteiger partial charge is 0.128 e. The molecule has 25 heavy (non-hydrogen) atoms. The maximum atomic E-state index is 14.7. The van der Waals surface area contributed by atoms with Crippen molar-refractivity contribution in [3.63, 3.8) is 0 Å². The van der Waals surface area contributed by atoms with Crippen molar-refractivity contribution in [1.82, 2.24) is 0 Å². The molecule has 1 aliphatic rings. The van der Waals surface area contributed by atoms with Gasteiger partial charge in [0.05, 0.1) is 13.2 Å². The predicted octanol–water partition coefficient (Wildman–Crippen LogP) is 4.99. The van der Waals surface area contributed by atoms with E-state index < -0.39 is 0 Å². The molecule has 2 nitrogen and oxygen atoms in total.